The van der Waals surface area contributed by atoms with Gasteiger partial charge in [-0.05, 0) is 0 Å². The lowest BCUT2D eigenvalue weighted by atomic mass is 10.3. The maximum absolute atomic E-state index is 5.25. The molecule has 0 aliphatic carbocycles. The third-order valence-electron chi connectivity index (χ3n) is 1.83. The van der Waals surface area contributed by atoms with Gasteiger partial charge in [-0.2, -0.15) is 0 Å². The molecule has 2 saturated heterocycles. The minimum atomic E-state index is -0.227. The van der Waals surface area contributed by atoms with Crippen molar-refractivity contribution in [1.29, 1.82) is 0 Å². The summed E-state index contributed by atoms with van der Waals surface area (Å²) in [5.41, 5.74) is 0. The van der Waals surface area contributed by atoms with Crippen LogP contribution in [-0.2, 0) is 18.9 Å². The summed E-state index contributed by atoms with van der Waals surface area (Å²) >= 11 is 0. The van der Waals surface area contributed by atoms with Crippen LogP contribution < -0.4 is 0 Å². The lowest BCUT2D eigenvalue weighted by molar-refractivity contribution is -0.226. The van der Waals surface area contributed by atoms with Crippen molar-refractivity contribution in [3.8, 4) is 0 Å². The van der Waals surface area contributed by atoms with Gasteiger partial charge >= 0.3 is 0 Å². The van der Waals surface area contributed by atoms with E-state index in [4.69, 9.17) is 18.9 Å². The summed E-state index contributed by atoms with van der Waals surface area (Å²) in [5, 5.41) is 0. The van der Waals surface area contributed by atoms with Crippen molar-refractivity contribution in [2.24, 2.45) is 0 Å². The van der Waals surface area contributed by atoms with Crippen LogP contribution in [0.1, 0.15) is 0 Å². The van der Waals surface area contributed by atoms with E-state index in [9.17, 15) is 0 Å². The van der Waals surface area contributed by atoms with E-state index in [1.165, 1.54) is 0 Å². The average molecular weight is 146 g/mol. The molecule has 0 aromatic carbocycles. The standard InChI is InChI=1S/C6H10O4/c1-7-5-3-4(9-3)6(8-2)10-5/h3-6H,1-2H3/t3-,4+,5-,6-/m1/s1. The van der Waals surface area contributed by atoms with E-state index in [1.54, 1.807) is 14.2 Å². The first-order valence-electron chi connectivity index (χ1n) is 3.23. The molecule has 0 saturated carbocycles. The van der Waals surface area contributed by atoms with Crippen molar-refractivity contribution >= 4 is 0 Å². The van der Waals surface area contributed by atoms with Crippen LogP contribution in [0, 0.1) is 0 Å². The van der Waals surface area contributed by atoms with E-state index in [0.717, 1.165) is 0 Å². The third kappa shape index (κ3) is 0.769. The maximum atomic E-state index is 5.25. The fourth-order valence-corrected chi connectivity index (χ4v) is 1.24. The summed E-state index contributed by atoms with van der Waals surface area (Å²) in [7, 11) is 3.20. The molecule has 0 unspecified atom stereocenters. The Morgan fingerprint density at radius 3 is 1.70 bits per heavy atom. The van der Waals surface area contributed by atoms with E-state index in [-0.39, 0.29) is 24.8 Å². The Bertz CT molecular complexity index is 124. The van der Waals surface area contributed by atoms with Crippen molar-refractivity contribution in [2.45, 2.75) is 24.8 Å². The van der Waals surface area contributed by atoms with Gasteiger partial charge in [0.1, 0.15) is 12.2 Å². The second-order valence-electron chi connectivity index (χ2n) is 2.41. The lowest BCUT2D eigenvalue weighted by Crippen LogP contribution is -2.22. The summed E-state index contributed by atoms with van der Waals surface area (Å²) in [6.45, 7) is 0. The molecule has 2 aliphatic heterocycles. The van der Waals surface area contributed by atoms with Crippen molar-refractivity contribution in [1.82, 2.24) is 0 Å². The molecule has 0 N–H and O–H groups in total. The predicted octanol–water partition coefficient (Wildman–Crippen LogP) is -0.271. The smallest absolute Gasteiger partial charge is 0.189 e. The normalized spacial score (nSPS) is 51.0. The monoisotopic (exact) mass is 146 g/mol. The number of fused-ring (bicyclic) bond motifs is 1. The van der Waals surface area contributed by atoms with Gasteiger partial charge in [-0.15, -0.1) is 0 Å². The van der Waals surface area contributed by atoms with E-state index < -0.39 is 0 Å². The molecule has 4 heteroatoms. The molecule has 2 fully saturated rings. The highest BCUT2D eigenvalue weighted by Crippen LogP contribution is 2.39. The summed E-state index contributed by atoms with van der Waals surface area (Å²) < 4.78 is 20.4. The average Bonchev–Trinajstić information content (AvgIpc) is 2.67. The quantitative estimate of drug-likeness (QED) is 0.503. The largest absolute Gasteiger partial charge is 0.358 e. The summed E-state index contributed by atoms with van der Waals surface area (Å²) in [6, 6.07) is 0. The molecule has 2 aliphatic rings. The number of hydrogen-bond acceptors (Lipinski definition) is 4. The van der Waals surface area contributed by atoms with Gasteiger partial charge in [-0.1, -0.05) is 0 Å². The molecule has 4 nitrogen and oxygen atoms in total. The minimum Gasteiger partial charge on any atom is -0.358 e. The van der Waals surface area contributed by atoms with Crippen LogP contribution in [0.3, 0.4) is 0 Å². The Labute approximate surface area is 59.0 Å². The van der Waals surface area contributed by atoms with Gasteiger partial charge in [0.15, 0.2) is 12.6 Å². The minimum absolute atomic E-state index is 0.106. The first kappa shape index (κ1) is 6.54. The van der Waals surface area contributed by atoms with Crippen LogP contribution in [0.25, 0.3) is 0 Å². The first-order chi connectivity index (χ1) is 4.86. The Morgan fingerprint density at radius 2 is 1.40 bits per heavy atom. The number of methoxy groups -OCH3 is 2. The highest BCUT2D eigenvalue weighted by molar-refractivity contribution is 4.96. The molecule has 0 aromatic heterocycles. The number of hydrogen-bond donors (Lipinski definition) is 0. The predicted molar refractivity (Wildman–Crippen MR) is 31.3 cm³/mol. The Morgan fingerprint density at radius 1 is 0.900 bits per heavy atom. The van der Waals surface area contributed by atoms with Gasteiger partial charge in [0.2, 0.25) is 0 Å². The van der Waals surface area contributed by atoms with Crippen LogP contribution in [0.15, 0.2) is 0 Å². The van der Waals surface area contributed by atoms with E-state index in [0.29, 0.717) is 0 Å². The van der Waals surface area contributed by atoms with Gasteiger partial charge in [0.05, 0.1) is 0 Å². The molecule has 0 radical (unpaired) electrons. The Balaban J connectivity index is 1.95. The first-order valence-corrected chi connectivity index (χ1v) is 3.23. The topological polar surface area (TPSA) is 40.2 Å². The van der Waals surface area contributed by atoms with Crippen LogP contribution in [0.4, 0.5) is 0 Å². The highest BCUT2D eigenvalue weighted by atomic mass is 16.8. The molecule has 2 rings (SSSR count). The molecule has 10 heavy (non-hydrogen) atoms. The molecule has 0 bridgehead atoms. The third-order valence-corrected chi connectivity index (χ3v) is 1.83. The van der Waals surface area contributed by atoms with E-state index in [1.807, 2.05) is 0 Å². The zero-order valence-electron chi connectivity index (χ0n) is 5.94. The molecular formula is C6H10O4. The van der Waals surface area contributed by atoms with Gasteiger partial charge in [0, 0.05) is 14.2 Å². The lowest BCUT2D eigenvalue weighted by Gasteiger charge is -2.13. The van der Waals surface area contributed by atoms with Crippen LogP contribution >= 0.6 is 0 Å². The second-order valence-corrected chi connectivity index (χ2v) is 2.41. The van der Waals surface area contributed by atoms with Gasteiger partial charge in [-0.25, -0.2) is 0 Å². The van der Waals surface area contributed by atoms with Crippen molar-refractivity contribution in [2.75, 3.05) is 14.2 Å². The number of rotatable bonds is 2. The van der Waals surface area contributed by atoms with Gasteiger partial charge in [0.25, 0.3) is 0 Å². The molecule has 0 aromatic rings. The van der Waals surface area contributed by atoms with E-state index >= 15 is 0 Å². The SMILES string of the molecule is CO[C@@H]1O[C@@H](OC)[C@@H]2O[C@H]12. The summed E-state index contributed by atoms with van der Waals surface area (Å²) in [5.74, 6) is 0. The van der Waals surface area contributed by atoms with Crippen LogP contribution in [0.2, 0.25) is 0 Å². The van der Waals surface area contributed by atoms with E-state index in [2.05, 4.69) is 0 Å². The molecule has 4 atom stereocenters. The number of epoxide rings is 1. The van der Waals surface area contributed by atoms with Crippen molar-refractivity contribution in [3.05, 3.63) is 0 Å². The van der Waals surface area contributed by atoms with Gasteiger partial charge in [-0.3, -0.25) is 0 Å². The van der Waals surface area contributed by atoms with Crippen molar-refractivity contribution < 1.29 is 18.9 Å². The summed E-state index contributed by atoms with van der Waals surface area (Å²) in [6.07, 6.45) is -0.241. The maximum Gasteiger partial charge on any atom is 0.189 e. The molecular weight excluding hydrogens is 136 g/mol. The number of ether oxygens (including phenoxy) is 4. The fourth-order valence-electron chi connectivity index (χ4n) is 1.24. The fraction of sp³-hybridized carbons (Fsp3) is 1.00. The zero-order chi connectivity index (χ0) is 7.14. The molecule has 2 heterocycles. The van der Waals surface area contributed by atoms with Crippen LogP contribution in [-0.4, -0.2) is 39.0 Å². The van der Waals surface area contributed by atoms with Crippen LogP contribution in [0.5, 0.6) is 0 Å². The molecule has 58 valence electrons. The zero-order valence-corrected chi connectivity index (χ0v) is 5.94. The Kier molecular flexibility index (Phi) is 1.42. The highest BCUT2D eigenvalue weighted by Gasteiger charge is 2.59. The molecule has 0 amide bonds. The second kappa shape index (κ2) is 2.17. The van der Waals surface area contributed by atoms with Crippen molar-refractivity contribution in [3.63, 3.8) is 0 Å². The Hall–Kier alpha value is -0.160. The van der Waals surface area contributed by atoms with Gasteiger partial charge < -0.3 is 18.9 Å². The summed E-state index contributed by atoms with van der Waals surface area (Å²) in [4.78, 5) is 0. The molecule has 0 spiro atoms.